The van der Waals surface area contributed by atoms with E-state index in [1.807, 2.05) is 0 Å². The third-order valence-corrected chi connectivity index (χ3v) is 1.12. The predicted octanol–water partition coefficient (Wildman–Crippen LogP) is 1.36. The highest BCUT2D eigenvalue weighted by atomic mass is 18.2. The molecule has 0 aromatic heterocycles. The molecule has 0 spiro atoms. The van der Waals surface area contributed by atoms with Crippen molar-refractivity contribution >= 4 is 0 Å². The van der Waals surface area contributed by atoms with Crippen LogP contribution in [0.15, 0.2) is 0 Å². The average molecular weight is 162 g/mol. The van der Waals surface area contributed by atoms with Crippen molar-refractivity contribution in [2.24, 2.45) is 0 Å². The van der Waals surface area contributed by atoms with Crippen LogP contribution < -0.4 is 5.32 Å². The van der Waals surface area contributed by atoms with Crippen molar-refractivity contribution < 1.29 is 9.13 Å². The van der Waals surface area contributed by atoms with Crippen molar-refractivity contribution in [1.29, 1.82) is 0 Å². The molecule has 0 aliphatic carbocycles. The lowest BCUT2D eigenvalue weighted by molar-refractivity contribution is 0.116. The van der Waals surface area contributed by atoms with E-state index in [1.54, 1.807) is 0 Å². The van der Waals surface area contributed by atoms with Crippen LogP contribution in [0, 0.1) is 0 Å². The number of halogens is 1. The molecule has 0 aromatic rings. The third kappa shape index (κ3) is 9.85. The van der Waals surface area contributed by atoms with Gasteiger partial charge in [-0.1, -0.05) is 0 Å². The molecule has 0 aliphatic rings. The number of hydrogen-bond acceptors (Lipinski definition) is 2. The zero-order chi connectivity index (χ0) is 8.74. The second kappa shape index (κ2) is 5.49. The number of rotatable bonds is 5. The van der Waals surface area contributed by atoms with Crippen LogP contribution in [0.5, 0.6) is 0 Å². The molecule has 2 nitrogen and oxygen atoms in total. The maximum atomic E-state index is 11.5. The molecule has 0 fully saturated rings. The molecule has 0 bridgehead atoms. The van der Waals surface area contributed by atoms with Crippen molar-refractivity contribution in [3.05, 3.63) is 0 Å². The minimum Gasteiger partial charge on any atom is -0.377 e. The first-order valence-electron chi connectivity index (χ1n) is 3.95. The van der Waals surface area contributed by atoms with Crippen LogP contribution in [-0.4, -0.2) is 32.0 Å². The van der Waals surface area contributed by atoms with Gasteiger partial charge < -0.3 is 10.1 Å². The number of alkyl halides is 1. The lowest BCUT2D eigenvalue weighted by Gasteiger charge is -2.20. The number of ether oxygens (including phenoxy) is 1. The molecular formula is C8H18FNO. The summed E-state index contributed by atoms with van der Waals surface area (Å²) in [6.07, 6.45) is 0. The highest BCUT2D eigenvalue weighted by Gasteiger charge is 2.06. The first kappa shape index (κ1) is 10.8. The smallest absolute Gasteiger partial charge is 0.113 e. The monoisotopic (exact) mass is 162 g/mol. The zero-order valence-corrected chi connectivity index (χ0v) is 7.61. The molecule has 0 atom stereocenters. The second-order valence-corrected chi connectivity index (χ2v) is 3.48. The Hall–Kier alpha value is -0.150. The van der Waals surface area contributed by atoms with Gasteiger partial charge in [-0.25, -0.2) is 4.39 Å². The summed E-state index contributed by atoms with van der Waals surface area (Å²) in [5, 5.41) is 3.23. The Labute approximate surface area is 68.1 Å². The van der Waals surface area contributed by atoms with Crippen molar-refractivity contribution in [2.45, 2.75) is 26.3 Å². The second-order valence-electron chi connectivity index (χ2n) is 3.48. The SMILES string of the molecule is CC(C)(C)NCCOCC[18F]. The molecule has 0 saturated carbocycles. The van der Waals surface area contributed by atoms with Crippen molar-refractivity contribution in [3.63, 3.8) is 0 Å². The topological polar surface area (TPSA) is 21.3 Å². The minimum absolute atomic E-state index is 0.124. The highest BCUT2D eigenvalue weighted by Crippen LogP contribution is 1.96. The molecular weight excluding hydrogens is 144 g/mol. The molecule has 0 rings (SSSR count). The Kier molecular flexibility index (Phi) is 5.42. The Morgan fingerprint density at radius 3 is 2.36 bits per heavy atom. The Bertz CT molecular complexity index is 90.6. The van der Waals surface area contributed by atoms with Crippen molar-refractivity contribution in [1.82, 2.24) is 5.32 Å². The highest BCUT2D eigenvalue weighted by molar-refractivity contribution is 4.69. The van der Waals surface area contributed by atoms with Crippen LogP contribution >= 0.6 is 0 Å². The summed E-state index contributed by atoms with van der Waals surface area (Å²) >= 11 is 0. The quantitative estimate of drug-likeness (QED) is 0.616. The van der Waals surface area contributed by atoms with Crippen LogP contribution in [0.2, 0.25) is 0 Å². The average Bonchev–Trinajstić information content (AvgIpc) is 1.85. The third-order valence-electron chi connectivity index (χ3n) is 1.12. The Morgan fingerprint density at radius 1 is 1.27 bits per heavy atom. The van der Waals surface area contributed by atoms with Gasteiger partial charge in [0.1, 0.15) is 6.67 Å². The summed E-state index contributed by atoms with van der Waals surface area (Å²) in [6, 6.07) is 0. The van der Waals surface area contributed by atoms with Crippen molar-refractivity contribution in [2.75, 3.05) is 26.4 Å². The standard InChI is InChI=1S/C8H18FNO/c1-8(2,3)10-5-7-11-6-4-9/h10H,4-7H2,1-3H3/i9-1. The molecule has 0 unspecified atom stereocenters. The molecule has 1 N–H and O–H groups in total. The van der Waals surface area contributed by atoms with Gasteiger partial charge in [-0.3, -0.25) is 0 Å². The molecule has 0 aromatic carbocycles. The maximum absolute atomic E-state index is 11.5. The van der Waals surface area contributed by atoms with E-state index < -0.39 is 6.67 Å². The van der Waals surface area contributed by atoms with Gasteiger partial charge in [0.2, 0.25) is 0 Å². The van der Waals surface area contributed by atoms with Gasteiger partial charge >= 0.3 is 0 Å². The molecule has 68 valence electrons. The number of hydrogen-bond donors (Lipinski definition) is 1. The van der Waals surface area contributed by atoms with Crippen LogP contribution in [0.25, 0.3) is 0 Å². The van der Waals surface area contributed by atoms with Crippen LogP contribution in [0.4, 0.5) is 4.39 Å². The van der Waals surface area contributed by atoms with Gasteiger partial charge in [-0.05, 0) is 20.8 Å². The summed E-state index contributed by atoms with van der Waals surface area (Å²) in [7, 11) is 0. The summed E-state index contributed by atoms with van der Waals surface area (Å²) in [5.74, 6) is 0. The van der Waals surface area contributed by atoms with Gasteiger partial charge in [0.05, 0.1) is 13.2 Å². The lowest BCUT2D eigenvalue weighted by Crippen LogP contribution is -2.38. The van der Waals surface area contributed by atoms with E-state index in [9.17, 15) is 4.39 Å². The molecule has 0 radical (unpaired) electrons. The van der Waals surface area contributed by atoms with Crippen LogP contribution in [-0.2, 0) is 4.74 Å². The normalized spacial score (nSPS) is 12.0. The van der Waals surface area contributed by atoms with Gasteiger partial charge in [-0.15, -0.1) is 0 Å². The van der Waals surface area contributed by atoms with E-state index in [2.05, 4.69) is 26.1 Å². The maximum Gasteiger partial charge on any atom is 0.113 e. The summed E-state index contributed by atoms with van der Waals surface area (Å²) in [4.78, 5) is 0. The predicted molar refractivity (Wildman–Crippen MR) is 44.5 cm³/mol. The van der Waals surface area contributed by atoms with E-state index in [4.69, 9.17) is 4.74 Å². The zero-order valence-electron chi connectivity index (χ0n) is 7.61. The van der Waals surface area contributed by atoms with Gasteiger partial charge in [0.25, 0.3) is 0 Å². The number of nitrogens with one attached hydrogen (secondary N) is 1. The largest absolute Gasteiger partial charge is 0.377 e. The van der Waals surface area contributed by atoms with Gasteiger partial charge in [0.15, 0.2) is 0 Å². The molecule has 3 heteroatoms. The van der Waals surface area contributed by atoms with E-state index in [1.165, 1.54) is 0 Å². The summed E-state index contributed by atoms with van der Waals surface area (Å²) in [6.45, 7) is 7.44. The Morgan fingerprint density at radius 2 is 1.91 bits per heavy atom. The van der Waals surface area contributed by atoms with Crippen LogP contribution in [0.3, 0.4) is 0 Å². The minimum atomic E-state index is -0.393. The van der Waals surface area contributed by atoms with Gasteiger partial charge in [-0.2, -0.15) is 0 Å². The molecule has 0 saturated heterocycles. The fourth-order valence-electron chi connectivity index (χ4n) is 0.655. The molecule has 0 amide bonds. The fraction of sp³-hybridized carbons (Fsp3) is 1.00. The molecule has 11 heavy (non-hydrogen) atoms. The van der Waals surface area contributed by atoms with E-state index in [0.29, 0.717) is 6.61 Å². The summed E-state index contributed by atoms with van der Waals surface area (Å²) < 4.78 is 16.4. The van der Waals surface area contributed by atoms with Gasteiger partial charge in [0, 0.05) is 12.1 Å². The molecule has 0 heterocycles. The van der Waals surface area contributed by atoms with E-state index >= 15 is 0 Å². The first-order chi connectivity index (χ1) is 5.06. The lowest BCUT2D eigenvalue weighted by atomic mass is 10.1. The van der Waals surface area contributed by atoms with E-state index in [0.717, 1.165) is 6.54 Å². The first-order valence-corrected chi connectivity index (χ1v) is 3.95. The van der Waals surface area contributed by atoms with Crippen LogP contribution in [0.1, 0.15) is 20.8 Å². The fourth-order valence-corrected chi connectivity index (χ4v) is 0.655. The molecule has 0 aliphatic heterocycles. The van der Waals surface area contributed by atoms with E-state index in [-0.39, 0.29) is 12.1 Å². The Balaban J connectivity index is 3.02. The van der Waals surface area contributed by atoms with Crippen molar-refractivity contribution in [3.8, 4) is 0 Å². The summed E-state index contributed by atoms with van der Waals surface area (Å²) in [5.41, 5.74) is 0.124.